The molecule has 11 atom stereocenters. The molecular weight excluding hydrogens is 689 g/mol. The fraction of sp³-hybridized carbons (Fsp3) is 0.735. The van der Waals surface area contributed by atoms with Gasteiger partial charge < -0.3 is 23.7 Å². The monoisotopic (exact) mass is 733 g/mol. The first-order chi connectivity index (χ1) is 22.0. The number of fused-ring (bicyclic) bond motifs is 4. The molecule has 6 rings (SSSR count). The van der Waals surface area contributed by atoms with Crippen LogP contribution in [0.5, 0.6) is 0 Å². The summed E-state index contributed by atoms with van der Waals surface area (Å²) < 4.78 is 57.9. The van der Waals surface area contributed by atoms with Crippen molar-refractivity contribution < 1.29 is 36.9 Å². The van der Waals surface area contributed by atoms with Crippen LogP contribution >= 0.6 is 34.8 Å². The van der Waals surface area contributed by atoms with Crippen molar-refractivity contribution in [1.29, 1.82) is 0 Å². The summed E-state index contributed by atoms with van der Waals surface area (Å²) in [5.74, 6) is -0.864. The lowest BCUT2D eigenvalue weighted by Crippen LogP contribution is -2.61. The van der Waals surface area contributed by atoms with Crippen molar-refractivity contribution in [1.82, 2.24) is 4.90 Å². The van der Waals surface area contributed by atoms with Crippen LogP contribution in [-0.2, 0) is 33.5 Å². The Bertz CT molecular complexity index is 1440. The predicted octanol–water partition coefficient (Wildman–Crippen LogP) is 7.43. The molecule has 9 nitrogen and oxygen atoms in total. The molecule has 0 aliphatic carbocycles. The van der Waals surface area contributed by atoms with Crippen molar-refractivity contribution in [2.45, 2.75) is 123 Å². The Morgan fingerprint density at radius 2 is 1.74 bits per heavy atom. The molecule has 5 heterocycles. The first-order valence-corrected chi connectivity index (χ1v) is 19.4. The summed E-state index contributed by atoms with van der Waals surface area (Å²) in [5, 5.41) is 0. The number of hydrogen-bond donors (Lipinski definition) is 0. The first-order valence-electron chi connectivity index (χ1n) is 16.7. The number of likely N-dealkylation sites (tertiary alicyclic amines) is 1. The van der Waals surface area contributed by atoms with Crippen LogP contribution < -0.4 is 0 Å². The van der Waals surface area contributed by atoms with E-state index >= 15 is 0 Å². The Morgan fingerprint density at radius 1 is 1.04 bits per heavy atom. The van der Waals surface area contributed by atoms with E-state index in [0.717, 1.165) is 24.8 Å². The topological polar surface area (TPSA) is 101 Å². The maximum absolute atomic E-state index is 13.6. The van der Waals surface area contributed by atoms with E-state index < -0.39 is 42.8 Å². The Hall–Kier alpha value is -1.11. The number of nitrogens with zero attached hydrogens (tertiary/aromatic N) is 1. The highest BCUT2D eigenvalue weighted by atomic mass is 35.6. The zero-order valence-corrected chi connectivity index (χ0v) is 30.5. The van der Waals surface area contributed by atoms with Gasteiger partial charge in [-0.2, -0.15) is 0 Å². The van der Waals surface area contributed by atoms with Gasteiger partial charge in [0.1, 0.15) is 12.7 Å². The lowest BCUT2D eigenvalue weighted by atomic mass is 9.79. The maximum Gasteiger partial charge on any atom is 0.412 e. The highest BCUT2D eigenvalue weighted by Crippen LogP contribution is 2.54. The van der Waals surface area contributed by atoms with E-state index in [4.69, 9.17) is 58.5 Å². The van der Waals surface area contributed by atoms with Crippen LogP contribution in [0.4, 0.5) is 4.79 Å². The molecule has 1 aromatic rings. The Balaban J connectivity index is 1.20. The SMILES string of the molecule is C=C(C[C@]12CCC[C@@H](O1)[C@@H]1O[C@]3(C[C@@H]1O2)[C@H](C)C[C@H](C)CN3C(=O)OCC(Cl)(Cl)Cl)[C@@H]1O[C@H](S(=O)(=O)c2ccccc2)[C@@H](C)C[C@H]1C. The zero-order valence-electron chi connectivity index (χ0n) is 27.4. The number of sulfone groups is 1. The van der Waals surface area contributed by atoms with Crippen LogP contribution in [0.2, 0.25) is 0 Å². The molecule has 1 spiro atoms. The normalized spacial score (nSPS) is 40.6. The van der Waals surface area contributed by atoms with Gasteiger partial charge in [0, 0.05) is 31.7 Å². The van der Waals surface area contributed by atoms with E-state index in [1.807, 2.05) is 6.92 Å². The van der Waals surface area contributed by atoms with Crippen LogP contribution in [-0.4, -0.2) is 77.7 Å². The molecule has 262 valence electrons. The van der Waals surface area contributed by atoms with E-state index in [2.05, 4.69) is 27.4 Å². The highest BCUT2D eigenvalue weighted by molar-refractivity contribution is 7.92. The van der Waals surface area contributed by atoms with Crippen molar-refractivity contribution in [2.75, 3.05) is 13.2 Å². The quantitative estimate of drug-likeness (QED) is 0.220. The van der Waals surface area contributed by atoms with Gasteiger partial charge in [-0.3, -0.25) is 4.90 Å². The molecule has 47 heavy (non-hydrogen) atoms. The fourth-order valence-electron chi connectivity index (χ4n) is 8.76. The van der Waals surface area contributed by atoms with E-state index in [-0.39, 0.29) is 53.5 Å². The number of amides is 1. The van der Waals surface area contributed by atoms with Gasteiger partial charge in [0.05, 0.1) is 23.2 Å². The molecule has 1 amide bonds. The second-order valence-corrected chi connectivity index (χ2v) is 19.1. The minimum Gasteiger partial charge on any atom is -0.445 e. The summed E-state index contributed by atoms with van der Waals surface area (Å²) in [6, 6.07) is 8.47. The number of alkyl halides is 3. The molecule has 2 bridgehead atoms. The number of benzene rings is 1. The van der Waals surface area contributed by atoms with Crippen LogP contribution in [0.15, 0.2) is 47.4 Å². The minimum absolute atomic E-state index is 0.00601. The molecule has 0 N–H and O–H groups in total. The van der Waals surface area contributed by atoms with Gasteiger partial charge in [-0.1, -0.05) is 87.3 Å². The van der Waals surface area contributed by atoms with Crippen molar-refractivity contribution in [2.24, 2.45) is 23.7 Å². The zero-order chi connectivity index (χ0) is 33.9. The molecule has 0 saturated carbocycles. The lowest BCUT2D eigenvalue weighted by molar-refractivity contribution is -0.359. The Morgan fingerprint density at radius 3 is 2.45 bits per heavy atom. The number of carbonyl (C=O) groups is 1. The van der Waals surface area contributed by atoms with E-state index in [0.29, 0.717) is 32.2 Å². The maximum atomic E-state index is 13.6. The Labute approximate surface area is 293 Å². The van der Waals surface area contributed by atoms with Gasteiger partial charge in [-0.05, 0) is 61.1 Å². The second kappa shape index (κ2) is 13.2. The van der Waals surface area contributed by atoms with E-state index in [1.165, 1.54) is 0 Å². The van der Waals surface area contributed by atoms with E-state index in [9.17, 15) is 13.2 Å². The van der Waals surface area contributed by atoms with E-state index in [1.54, 1.807) is 35.2 Å². The molecule has 5 fully saturated rings. The summed E-state index contributed by atoms with van der Waals surface area (Å²) in [7, 11) is -3.72. The molecule has 0 unspecified atom stereocenters. The average molecular weight is 735 g/mol. The third-order valence-corrected chi connectivity index (χ3v) is 13.1. The average Bonchev–Trinajstić information content (AvgIpc) is 3.37. The summed E-state index contributed by atoms with van der Waals surface area (Å²) in [4.78, 5) is 15.4. The fourth-order valence-corrected chi connectivity index (χ4v) is 10.7. The van der Waals surface area contributed by atoms with Crippen LogP contribution in [0.1, 0.15) is 72.6 Å². The van der Waals surface area contributed by atoms with Gasteiger partial charge in [0.25, 0.3) is 0 Å². The van der Waals surface area contributed by atoms with Crippen molar-refractivity contribution in [3.63, 3.8) is 0 Å². The smallest absolute Gasteiger partial charge is 0.412 e. The number of piperidine rings is 1. The van der Waals surface area contributed by atoms with Gasteiger partial charge in [-0.15, -0.1) is 0 Å². The Kier molecular flexibility index (Phi) is 10.0. The number of halogens is 3. The molecule has 5 aliphatic heterocycles. The third-order valence-electron chi connectivity index (χ3n) is 10.7. The van der Waals surface area contributed by atoms with Crippen LogP contribution in [0, 0.1) is 23.7 Å². The molecule has 5 aliphatic rings. The summed E-state index contributed by atoms with van der Waals surface area (Å²) in [6.07, 6.45) is 2.66. The molecule has 13 heteroatoms. The van der Waals surface area contributed by atoms with Crippen LogP contribution in [0.3, 0.4) is 0 Å². The molecule has 5 saturated heterocycles. The van der Waals surface area contributed by atoms with Crippen molar-refractivity contribution >= 4 is 50.7 Å². The van der Waals surface area contributed by atoms with Crippen LogP contribution in [0.25, 0.3) is 0 Å². The second-order valence-electron chi connectivity index (χ2n) is 14.6. The summed E-state index contributed by atoms with van der Waals surface area (Å²) >= 11 is 17.7. The predicted molar refractivity (Wildman–Crippen MR) is 179 cm³/mol. The molecule has 1 aromatic carbocycles. The highest BCUT2D eigenvalue weighted by Gasteiger charge is 2.64. The minimum atomic E-state index is -3.72. The number of ether oxygens (including phenoxy) is 5. The van der Waals surface area contributed by atoms with Crippen molar-refractivity contribution in [3.05, 3.63) is 42.5 Å². The largest absolute Gasteiger partial charge is 0.445 e. The van der Waals surface area contributed by atoms with Crippen molar-refractivity contribution in [3.8, 4) is 0 Å². The van der Waals surface area contributed by atoms with Gasteiger partial charge in [0.15, 0.2) is 16.9 Å². The summed E-state index contributed by atoms with van der Waals surface area (Å²) in [6.45, 7) is 12.7. The van der Waals surface area contributed by atoms with Gasteiger partial charge in [-0.25, -0.2) is 13.2 Å². The van der Waals surface area contributed by atoms with Gasteiger partial charge in [0.2, 0.25) is 13.6 Å². The molecule has 0 radical (unpaired) electrons. The lowest BCUT2D eigenvalue weighted by Gasteiger charge is -2.51. The summed E-state index contributed by atoms with van der Waals surface area (Å²) in [5.41, 5.74) is -1.19. The molecular formula is C34H46Cl3NO8S. The third kappa shape index (κ3) is 6.96. The number of rotatable bonds is 6. The first kappa shape index (κ1) is 35.7. The standard InChI is InChI=1S/C34H46Cl3NO8S/c1-20-14-24(5)33(38(18-20)31(39)42-19-34(35,36)37)17-27-29(46-33)26-12-9-13-32(44-26,45-27)16-23(4)28-21(2)15-22(3)30(43-28)47(40,41)25-10-7-6-8-11-25/h6-8,10-11,20-22,24,26-30H,4,9,12-19H2,1-3,5H3/t20-,21+,22-,24+,26+,27-,28+,29-,30+,32+,33+/m0/s1. The number of hydrogen-bond acceptors (Lipinski definition) is 8. The number of carbonyl (C=O) groups excluding carboxylic acids is 1. The molecule has 0 aromatic heterocycles. The van der Waals surface area contributed by atoms with Gasteiger partial charge >= 0.3 is 6.09 Å².